The third kappa shape index (κ3) is 2.51. The van der Waals surface area contributed by atoms with Gasteiger partial charge in [-0.05, 0) is 48.1 Å². The molecule has 3 heteroatoms. The van der Waals surface area contributed by atoms with E-state index in [1.807, 2.05) is 12.1 Å². The molecule has 2 aromatic carbocycles. The van der Waals surface area contributed by atoms with Crippen LogP contribution in [0.15, 0.2) is 42.5 Å². The smallest absolute Gasteiger partial charge is 0.129 e. The molecule has 98 valence electrons. The SMILES string of the molecule is OC(c1ccc(C2CC2)cc1)c1cc(F)ccc1F. The first kappa shape index (κ1) is 12.3. The van der Waals surface area contributed by atoms with Gasteiger partial charge >= 0.3 is 0 Å². The summed E-state index contributed by atoms with van der Waals surface area (Å²) in [6, 6.07) is 10.6. The highest BCUT2D eigenvalue weighted by molar-refractivity contribution is 5.34. The lowest BCUT2D eigenvalue weighted by Crippen LogP contribution is -2.03. The lowest BCUT2D eigenvalue weighted by molar-refractivity contribution is 0.214. The van der Waals surface area contributed by atoms with Crippen molar-refractivity contribution in [3.8, 4) is 0 Å². The van der Waals surface area contributed by atoms with Crippen LogP contribution in [0.4, 0.5) is 8.78 Å². The molecule has 1 unspecified atom stereocenters. The van der Waals surface area contributed by atoms with E-state index in [2.05, 4.69) is 0 Å². The highest BCUT2D eigenvalue weighted by Crippen LogP contribution is 2.40. The van der Waals surface area contributed by atoms with Crippen LogP contribution in [0.2, 0.25) is 0 Å². The number of benzene rings is 2. The third-order valence-corrected chi connectivity index (χ3v) is 3.55. The Hall–Kier alpha value is -1.74. The van der Waals surface area contributed by atoms with Crippen LogP contribution < -0.4 is 0 Å². The van der Waals surface area contributed by atoms with Gasteiger partial charge in [0.2, 0.25) is 0 Å². The van der Waals surface area contributed by atoms with Crippen LogP contribution in [-0.2, 0) is 0 Å². The van der Waals surface area contributed by atoms with Crippen LogP contribution in [0.1, 0.15) is 41.6 Å². The van der Waals surface area contributed by atoms with E-state index in [1.165, 1.54) is 18.4 Å². The average molecular weight is 260 g/mol. The Labute approximate surface area is 110 Å². The highest BCUT2D eigenvalue weighted by atomic mass is 19.1. The zero-order valence-electron chi connectivity index (χ0n) is 10.3. The van der Waals surface area contributed by atoms with E-state index < -0.39 is 17.7 Å². The molecule has 0 amide bonds. The molecule has 0 aliphatic heterocycles. The number of halogens is 2. The molecule has 0 spiro atoms. The average Bonchev–Trinajstić information content (AvgIpc) is 3.25. The molecule has 3 rings (SSSR count). The summed E-state index contributed by atoms with van der Waals surface area (Å²) in [4.78, 5) is 0. The fraction of sp³-hybridized carbons (Fsp3) is 0.250. The van der Waals surface area contributed by atoms with Crippen molar-refractivity contribution in [3.63, 3.8) is 0 Å². The van der Waals surface area contributed by atoms with Crippen LogP contribution >= 0.6 is 0 Å². The Morgan fingerprint density at radius 3 is 2.32 bits per heavy atom. The quantitative estimate of drug-likeness (QED) is 0.886. The third-order valence-electron chi connectivity index (χ3n) is 3.55. The monoisotopic (exact) mass is 260 g/mol. The van der Waals surface area contributed by atoms with E-state index in [0.717, 1.165) is 18.2 Å². The van der Waals surface area contributed by atoms with Crippen molar-refractivity contribution in [1.82, 2.24) is 0 Å². The second-order valence-electron chi connectivity index (χ2n) is 5.01. The molecule has 1 fully saturated rings. The molecule has 2 aromatic rings. The van der Waals surface area contributed by atoms with Gasteiger partial charge in [0, 0.05) is 5.56 Å². The molecule has 1 aliphatic rings. The van der Waals surface area contributed by atoms with Crippen molar-refractivity contribution < 1.29 is 13.9 Å². The molecule has 0 saturated heterocycles. The Morgan fingerprint density at radius 2 is 1.68 bits per heavy atom. The van der Waals surface area contributed by atoms with E-state index in [-0.39, 0.29) is 5.56 Å². The molecule has 1 saturated carbocycles. The Kier molecular flexibility index (Phi) is 3.07. The van der Waals surface area contributed by atoms with Crippen molar-refractivity contribution in [2.45, 2.75) is 24.9 Å². The summed E-state index contributed by atoms with van der Waals surface area (Å²) >= 11 is 0. The van der Waals surface area contributed by atoms with Crippen LogP contribution in [0.5, 0.6) is 0 Å². The van der Waals surface area contributed by atoms with Crippen molar-refractivity contribution in [3.05, 3.63) is 70.8 Å². The van der Waals surface area contributed by atoms with Crippen molar-refractivity contribution in [2.75, 3.05) is 0 Å². The maximum atomic E-state index is 13.6. The zero-order valence-corrected chi connectivity index (χ0v) is 10.3. The van der Waals surface area contributed by atoms with Crippen molar-refractivity contribution in [2.24, 2.45) is 0 Å². The minimum absolute atomic E-state index is 0.0285. The maximum absolute atomic E-state index is 13.6. The van der Waals surface area contributed by atoms with Gasteiger partial charge in [-0.15, -0.1) is 0 Å². The molecule has 0 aromatic heterocycles. The number of aliphatic hydroxyl groups is 1. The number of hydrogen-bond donors (Lipinski definition) is 1. The zero-order chi connectivity index (χ0) is 13.4. The van der Waals surface area contributed by atoms with E-state index in [9.17, 15) is 13.9 Å². The van der Waals surface area contributed by atoms with E-state index in [0.29, 0.717) is 11.5 Å². The van der Waals surface area contributed by atoms with Crippen molar-refractivity contribution in [1.29, 1.82) is 0 Å². The number of rotatable bonds is 3. The van der Waals surface area contributed by atoms with Gasteiger partial charge in [-0.2, -0.15) is 0 Å². The first-order valence-corrected chi connectivity index (χ1v) is 6.38. The van der Waals surface area contributed by atoms with Gasteiger partial charge in [-0.25, -0.2) is 8.78 Å². The predicted octanol–water partition coefficient (Wildman–Crippen LogP) is 3.92. The standard InChI is InChI=1S/C16H14F2O/c17-13-7-8-15(18)14(9-13)16(19)12-5-3-11(4-6-12)10-1-2-10/h3-10,16,19H,1-2H2. The fourth-order valence-corrected chi connectivity index (χ4v) is 2.27. The van der Waals surface area contributed by atoms with Crippen LogP contribution in [0.25, 0.3) is 0 Å². The van der Waals surface area contributed by atoms with Gasteiger partial charge in [-0.1, -0.05) is 24.3 Å². The second-order valence-corrected chi connectivity index (χ2v) is 5.01. The van der Waals surface area contributed by atoms with Gasteiger partial charge < -0.3 is 5.11 Å². The maximum Gasteiger partial charge on any atom is 0.129 e. The minimum Gasteiger partial charge on any atom is -0.384 e. The molecule has 0 radical (unpaired) electrons. The van der Waals surface area contributed by atoms with Gasteiger partial charge in [0.15, 0.2) is 0 Å². The summed E-state index contributed by atoms with van der Waals surface area (Å²) in [5, 5.41) is 10.1. The fourth-order valence-electron chi connectivity index (χ4n) is 2.27. The first-order valence-electron chi connectivity index (χ1n) is 6.38. The summed E-state index contributed by atoms with van der Waals surface area (Å²) in [7, 11) is 0. The Balaban J connectivity index is 1.89. The highest BCUT2D eigenvalue weighted by Gasteiger charge is 2.23. The van der Waals surface area contributed by atoms with E-state index in [4.69, 9.17) is 0 Å². The molecule has 1 nitrogen and oxygen atoms in total. The molecule has 0 heterocycles. The second kappa shape index (κ2) is 4.74. The Bertz CT molecular complexity index is 588. The van der Waals surface area contributed by atoms with Gasteiger partial charge in [0.05, 0.1) is 0 Å². The molecular weight excluding hydrogens is 246 g/mol. The topological polar surface area (TPSA) is 20.2 Å². The van der Waals surface area contributed by atoms with Gasteiger partial charge in [0.25, 0.3) is 0 Å². The molecular formula is C16H14F2O. The predicted molar refractivity (Wildman–Crippen MR) is 68.8 cm³/mol. The first-order chi connectivity index (χ1) is 9.15. The van der Waals surface area contributed by atoms with Crippen molar-refractivity contribution >= 4 is 0 Å². The largest absolute Gasteiger partial charge is 0.384 e. The van der Waals surface area contributed by atoms with E-state index in [1.54, 1.807) is 12.1 Å². The van der Waals surface area contributed by atoms with Crippen LogP contribution in [-0.4, -0.2) is 5.11 Å². The molecule has 19 heavy (non-hydrogen) atoms. The number of aliphatic hydroxyl groups excluding tert-OH is 1. The Morgan fingerprint density at radius 1 is 1.00 bits per heavy atom. The summed E-state index contributed by atoms with van der Waals surface area (Å²) in [5.74, 6) is -0.512. The normalized spacial score (nSPS) is 16.4. The summed E-state index contributed by atoms with van der Waals surface area (Å²) in [6.45, 7) is 0. The molecule has 0 bridgehead atoms. The van der Waals surface area contributed by atoms with Gasteiger partial charge in [0.1, 0.15) is 17.7 Å². The number of hydrogen-bond acceptors (Lipinski definition) is 1. The summed E-state index contributed by atoms with van der Waals surface area (Å²) in [6.07, 6.45) is 1.28. The van der Waals surface area contributed by atoms with Crippen LogP contribution in [0, 0.1) is 11.6 Å². The molecule has 1 atom stereocenters. The molecule has 1 aliphatic carbocycles. The summed E-state index contributed by atoms with van der Waals surface area (Å²) in [5.41, 5.74) is 1.80. The summed E-state index contributed by atoms with van der Waals surface area (Å²) < 4.78 is 26.7. The molecule has 1 N–H and O–H groups in total. The van der Waals surface area contributed by atoms with E-state index >= 15 is 0 Å². The lowest BCUT2D eigenvalue weighted by atomic mass is 9.99. The lowest BCUT2D eigenvalue weighted by Gasteiger charge is -2.13. The van der Waals surface area contributed by atoms with Gasteiger partial charge in [-0.3, -0.25) is 0 Å². The van der Waals surface area contributed by atoms with Crippen LogP contribution in [0.3, 0.4) is 0 Å². The minimum atomic E-state index is -1.14.